The Morgan fingerprint density at radius 3 is 2.58 bits per heavy atom. The highest BCUT2D eigenvalue weighted by Crippen LogP contribution is 2.15. The van der Waals surface area contributed by atoms with Crippen molar-refractivity contribution >= 4 is 11.7 Å². The molecule has 1 atom stereocenters. The molecule has 0 fully saturated rings. The Morgan fingerprint density at radius 1 is 1.42 bits per heavy atom. The van der Waals surface area contributed by atoms with Gasteiger partial charge in [0.2, 0.25) is 0 Å². The van der Waals surface area contributed by atoms with Crippen LogP contribution in [0.4, 0.5) is 10.5 Å². The molecule has 0 aromatic heterocycles. The van der Waals surface area contributed by atoms with Crippen molar-refractivity contribution in [3.05, 3.63) is 29.8 Å². The summed E-state index contributed by atoms with van der Waals surface area (Å²) in [5.41, 5.74) is 1.92. The van der Waals surface area contributed by atoms with Crippen molar-refractivity contribution in [2.75, 3.05) is 26.0 Å². The van der Waals surface area contributed by atoms with E-state index in [0.717, 1.165) is 5.69 Å². The van der Waals surface area contributed by atoms with Gasteiger partial charge in [0.05, 0.1) is 12.5 Å². The highest BCUT2D eigenvalue weighted by Gasteiger charge is 2.08. The number of carbonyl (C=O) groups excluding carboxylic acids is 1. The van der Waals surface area contributed by atoms with Crippen LogP contribution >= 0.6 is 0 Å². The molecule has 0 heterocycles. The highest BCUT2D eigenvalue weighted by atomic mass is 16.2. The molecular formula is C14H20N4O. The molecule has 0 aliphatic rings. The third-order valence-electron chi connectivity index (χ3n) is 3.00. The number of benzene rings is 1. The second kappa shape index (κ2) is 7.39. The lowest BCUT2D eigenvalue weighted by molar-refractivity contribution is 0.223. The third kappa shape index (κ3) is 4.60. The van der Waals surface area contributed by atoms with Gasteiger partial charge in [-0.1, -0.05) is 12.1 Å². The first-order valence-corrected chi connectivity index (χ1v) is 6.24. The number of rotatable bonds is 5. The minimum Gasteiger partial charge on any atom is -0.327 e. The summed E-state index contributed by atoms with van der Waals surface area (Å²) in [7, 11) is 3.58. The molecule has 5 heteroatoms. The Hall–Kier alpha value is -2.06. The van der Waals surface area contributed by atoms with Gasteiger partial charge in [0.25, 0.3) is 0 Å². The summed E-state index contributed by atoms with van der Waals surface area (Å²) in [5.74, 6) is 0. The topological polar surface area (TPSA) is 68.2 Å². The summed E-state index contributed by atoms with van der Waals surface area (Å²) in [6, 6.07) is 9.80. The summed E-state index contributed by atoms with van der Waals surface area (Å²) in [6.45, 7) is 2.50. The standard InChI is InChI=1S/C14H20N4O/c1-11(16-2)12-5-7-13(8-6-12)17-14(19)18(3)10-4-9-15/h5-8,11,16H,4,10H2,1-3H3,(H,17,19). The van der Waals surface area contributed by atoms with E-state index in [0.29, 0.717) is 13.0 Å². The van der Waals surface area contributed by atoms with Gasteiger partial charge in [-0.05, 0) is 31.7 Å². The Kier molecular flexibility index (Phi) is 5.83. The van der Waals surface area contributed by atoms with Crippen molar-refractivity contribution in [3.8, 4) is 6.07 Å². The van der Waals surface area contributed by atoms with Gasteiger partial charge >= 0.3 is 6.03 Å². The van der Waals surface area contributed by atoms with E-state index < -0.39 is 0 Å². The molecule has 0 spiro atoms. The molecule has 1 rings (SSSR count). The molecule has 5 nitrogen and oxygen atoms in total. The van der Waals surface area contributed by atoms with E-state index in [2.05, 4.69) is 17.6 Å². The average Bonchev–Trinajstić information content (AvgIpc) is 2.44. The van der Waals surface area contributed by atoms with E-state index in [1.54, 1.807) is 7.05 Å². The number of hydrogen-bond acceptors (Lipinski definition) is 3. The zero-order valence-corrected chi connectivity index (χ0v) is 11.6. The van der Waals surface area contributed by atoms with Crippen molar-refractivity contribution in [1.29, 1.82) is 5.26 Å². The molecule has 1 aromatic carbocycles. The molecule has 0 saturated carbocycles. The van der Waals surface area contributed by atoms with Crippen molar-refractivity contribution in [2.24, 2.45) is 0 Å². The van der Waals surface area contributed by atoms with Crippen molar-refractivity contribution in [2.45, 2.75) is 19.4 Å². The first kappa shape index (κ1) is 15.0. The van der Waals surface area contributed by atoms with Crippen LogP contribution in [0.5, 0.6) is 0 Å². The minimum absolute atomic E-state index is 0.204. The number of amides is 2. The zero-order chi connectivity index (χ0) is 14.3. The van der Waals surface area contributed by atoms with Gasteiger partial charge in [-0.2, -0.15) is 5.26 Å². The largest absolute Gasteiger partial charge is 0.327 e. The first-order chi connectivity index (χ1) is 9.08. The Bertz CT molecular complexity index is 450. The maximum Gasteiger partial charge on any atom is 0.321 e. The summed E-state index contributed by atoms with van der Waals surface area (Å²) < 4.78 is 0. The number of nitrogens with zero attached hydrogens (tertiary/aromatic N) is 2. The third-order valence-corrected chi connectivity index (χ3v) is 3.00. The number of nitrogens with one attached hydrogen (secondary N) is 2. The van der Waals surface area contributed by atoms with Crippen LogP contribution in [-0.2, 0) is 0 Å². The normalized spacial score (nSPS) is 11.5. The van der Waals surface area contributed by atoms with Gasteiger partial charge in [-0.15, -0.1) is 0 Å². The van der Waals surface area contributed by atoms with Crippen LogP contribution in [0.25, 0.3) is 0 Å². The van der Waals surface area contributed by atoms with Crippen LogP contribution in [0, 0.1) is 11.3 Å². The molecule has 1 unspecified atom stereocenters. The second-order valence-electron chi connectivity index (χ2n) is 4.39. The van der Waals surface area contributed by atoms with E-state index in [1.165, 1.54) is 10.5 Å². The van der Waals surface area contributed by atoms with Gasteiger partial charge in [-0.25, -0.2) is 4.79 Å². The van der Waals surface area contributed by atoms with Gasteiger partial charge in [-0.3, -0.25) is 0 Å². The SMILES string of the molecule is CNC(C)c1ccc(NC(=O)N(C)CCC#N)cc1. The minimum atomic E-state index is -0.204. The van der Waals surface area contributed by atoms with Gasteiger partial charge in [0.1, 0.15) is 0 Å². The molecule has 0 radical (unpaired) electrons. The molecule has 2 amide bonds. The summed E-state index contributed by atoms with van der Waals surface area (Å²) in [6.07, 6.45) is 0.336. The van der Waals surface area contributed by atoms with E-state index in [9.17, 15) is 4.79 Å². The van der Waals surface area contributed by atoms with Crippen LogP contribution in [0.15, 0.2) is 24.3 Å². The van der Waals surface area contributed by atoms with Crippen LogP contribution in [-0.4, -0.2) is 31.6 Å². The van der Waals surface area contributed by atoms with Crippen molar-refractivity contribution < 1.29 is 4.79 Å². The fraction of sp³-hybridized carbons (Fsp3) is 0.429. The predicted molar refractivity (Wildman–Crippen MR) is 75.8 cm³/mol. The molecular weight excluding hydrogens is 240 g/mol. The number of hydrogen-bond donors (Lipinski definition) is 2. The Morgan fingerprint density at radius 2 is 2.05 bits per heavy atom. The number of anilines is 1. The monoisotopic (exact) mass is 260 g/mol. The van der Waals surface area contributed by atoms with E-state index in [1.807, 2.05) is 37.4 Å². The zero-order valence-electron chi connectivity index (χ0n) is 11.6. The van der Waals surface area contributed by atoms with Gasteiger partial charge < -0.3 is 15.5 Å². The Labute approximate surface area is 114 Å². The van der Waals surface area contributed by atoms with E-state index >= 15 is 0 Å². The molecule has 0 aliphatic heterocycles. The fourth-order valence-electron chi connectivity index (χ4n) is 1.56. The summed E-state index contributed by atoms with van der Waals surface area (Å²) >= 11 is 0. The second-order valence-corrected chi connectivity index (χ2v) is 4.39. The maximum atomic E-state index is 11.8. The summed E-state index contributed by atoms with van der Waals surface area (Å²) in [4.78, 5) is 13.3. The van der Waals surface area contributed by atoms with E-state index in [-0.39, 0.29) is 12.1 Å². The quantitative estimate of drug-likeness (QED) is 0.853. The van der Waals surface area contributed by atoms with Crippen LogP contribution < -0.4 is 10.6 Å². The van der Waals surface area contributed by atoms with Crippen LogP contribution in [0.2, 0.25) is 0 Å². The molecule has 19 heavy (non-hydrogen) atoms. The molecule has 1 aromatic rings. The molecule has 102 valence electrons. The molecule has 2 N–H and O–H groups in total. The lowest BCUT2D eigenvalue weighted by Crippen LogP contribution is -2.31. The maximum absolute atomic E-state index is 11.8. The summed E-state index contributed by atoms with van der Waals surface area (Å²) in [5, 5.41) is 14.4. The van der Waals surface area contributed by atoms with Gasteiger partial charge in [0.15, 0.2) is 0 Å². The number of carbonyl (C=O) groups is 1. The number of nitriles is 1. The lowest BCUT2D eigenvalue weighted by Gasteiger charge is -2.17. The molecule has 0 aliphatic carbocycles. The smallest absolute Gasteiger partial charge is 0.321 e. The van der Waals surface area contributed by atoms with Crippen molar-refractivity contribution in [3.63, 3.8) is 0 Å². The van der Waals surface area contributed by atoms with Gasteiger partial charge in [0, 0.05) is 25.3 Å². The highest BCUT2D eigenvalue weighted by molar-refractivity contribution is 5.89. The number of urea groups is 1. The molecule has 0 saturated heterocycles. The molecule has 0 bridgehead atoms. The first-order valence-electron chi connectivity index (χ1n) is 6.24. The predicted octanol–water partition coefficient (Wildman–Crippen LogP) is 2.34. The van der Waals surface area contributed by atoms with Crippen LogP contribution in [0.3, 0.4) is 0 Å². The van der Waals surface area contributed by atoms with Crippen molar-refractivity contribution in [1.82, 2.24) is 10.2 Å². The average molecular weight is 260 g/mol. The van der Waals surface area contributed by atoms with E-state index in [4.69, 9.17) is 5.26 Å². The fourth-order valence-corrected chi connectivity index (χ4v) is 1.56. The lowest BCUT2D eigenvalue weighted by atomic mass is 10.1. The Balaban J connectivity index is 2.58. The van der Waals surface area contributed by atoms with Crippen LogP contribution in [0.1, 0.15) is 24.9 Å².